The molecular formula is C8H11F2NO. The fourth-order valence-corrected chi connectivity index (χ4v) is 1.02. The van der Waals surface area contributed by atoms with E-state index in [1.165, 1.54) is 6.08 Å². The monoisotopic (exact) mass is 175 g/mol. The number of amides is 1. The molecule has 12 heavy (non-hydrogen) atoms. The molecular weight excluding hydrogens is 164 g/mol. The molecule has 0 aromatic rings. The summed E-state index contributed by atoms with van der Waals surface area (Å²) in [6.45, 7) is 3.63. The van der Waals surface area contributed by atoms with Gasteiger partial charge in [-0.15, -0.1) is 6.58 Å². The summed E-state index contributed by atoms with van der Waals surface area (Å²) in [5.41, 5.74) is -1.37. The highest BCUT2D eigenvalue weighted by atomic mass is 19.3. The first-order valence-electron chi connectivity index (χ1n) is 3.81. The fraction of sp³-hybridized carbons (Fsp3) is 0.625. The van der Waals surface area contributed by atoms with Gasteiger partial charge < -0.3 is 5.32 Å². The Morgan fingerprint density at radius 3 is 2.58 bits per heavy atom. The molecule has 1 amide bonds. The van der Waals surface area contributed by atoms with E-state index in [0.29, 0.717) is 12.8 Å². The van der Waals surface area contributed by atoms with Crippen LogP contribution >= 0.6 is 0 Å². The lowest BCUT2D eigenvalue weighted by atomic mass is 10.1. The first-order valence-corrected chi connectivity index (χ1v) is 3.81. The molecule has 0 unspecified atom stereocenters. The summed E-state index contributed by atoms with van der Waals surface area (Å²) in [6, 6.07) is 0. The Bertz CT molecular complexity index is 199. The maximum absolute atomic E-state index is 12.3. The molecule has 0 spiro atoms. The Morgan fingerprint density at radius 1 is 1.67 bits per heavy atom. The Labute approximate surface area is 69.6 Å². The van der Waals surface area contributed by atoms with Gasteiger partial charge in [-0.25, -0.2) is 8.78 Å². The first kappa shape index (κ1) is 9.16. The Morgan fingerprint density at radius 2 is 2.25 bits per heavy atom. The minimum atomic E-state index is -2.54. The summed E-state index contributed by atoms with van der Waals surface area (Å²) < 4.78 is 24.5. The van der Waals surface area contributed by atoms with Gasteiger partial charge in [0.05, 0.1) is 0 Å². The molecule has 0 aromatic heterocycles. The smallest absolute Gasteiger partial charge is 0.252 e. The molecule has 1 fully saturated rings. The highest BCUT2D eigenvalue weighted by Gasteiger charge is 2.57. The molecule has 1 aliphatic rings. The van der Waals surface area contributed by atoms with Crippen molar-refractivity contribution < 1.29 is 13.6 Å². The van der Waals surface area contributed by atoms with E-state index < -0.39 is 17.7 Å². The van der Waals surface area contributed by atoms with E-state index in [0.717, 1.165) is 0 Å². The van der Waals surface area contributed by atoms with Crippen molar-refractivity contribution in [1.29, 1.82) is 0 Å². The zero-order chi connectivity index (χ0) is 9.19. The van der Waals surface area contributed by atoms with E-state index in [2.05, 4.69) is 11.9 Å². The molecule has 0 aromatic carbocycles. The van der Waals surface area contributed by atoms with Crippen LogP contribution in [0.5, 0.6) is 0 Å². The molecule has 4 heteroatoms. The summed E-state index contributed by atoms with van der Waals surface area (Å²) in [5, 5.41) is 2.38. The van der Waals surface area contributed by atoms with Gasteiger partial charge >= 0.3 is 0 Å². The van der Waals surface area contributed by atoms with Crippen LogP contribution < -0.4 is 5.32 Å². The van der Waals surface area contributed by atoms with Crippen LogP contribution in [0, 0.1) is 5.41 Å². The molecule has 0 bridgehead atoms. The third-order valence-electron chi connectivity index (χ3n) is 2.07. The van der Waals surface area contributed by atoms with Crippen molar-refractivity contribution in [2.75, 3.05) is 6.54 Å². The molecule has 0 aliphatic heterocycles. The highest BCUT2D eigenvalue weighted by Crippen LogP contribution is 2.50. The zero-order valence-electron chi connectivity index (χ0n) is 6.65. The van der Waals surface area contributed by atoms with Crippen LogP contribution in [-0.2, 0) is 4.79 Å². The van der Waals surface area contributed by atoms with Gasteiger partial charge in [-0.05, 0) is 12.8 Å². The number of carbonyl (C=O) groups is 1. The summed E-state index contributed by atoms with van der Waals surface area (Å²) in [5.74, 6) is -0.544. The van der Waals surface area contributed by atoms with E-state index in [4.69, 9.17) is 0 Å². The quantitative estimate of drug-likeness (QED) is 0.642. The minimum Gasteiger partial charge on any atom is -0.352 e. The molecule has 1 saturated carbocycles. The van der Waals surface area contributed by atoms with Crippen LogP contribution in [0.15, 0.2) is 12.7 Å². The number of alkyl halides is 2. The highest BCUT2D eigenvalue weighted by molar-refractivity contribution is 5.85. The Hall–Kier alpha value is -0.930. The molecule has 1 N–H and O–H groups in total. The van der Waals surface area contributed by atoms with Crippen molar-refractivity contribution in [1.82, 2.24) is 5.32 Å². The maximum Gasteiger partial charge on any atom is 0.252 e. The largest absolute Gasteiger partial charge is 0.352 e. The second kappa shape index (κ2) is 3.21. The first-order chi connectivity index (χ1) is 5.63. The summed E-state index contributed by atoms with van der Waals surface area (Å²) in [4.78, 5) is 11.1. The van der Waals surface area contributed by atoms with Crippen LogP contribution in [-0.4, -0.2) is 18.9 Å². The number of hydrogen-bond donors (Lipinski definition) is 1. The third-order valence-corrected chi connectivity index (χ3v) is 2.07. The van der Waals surface area contributed by atoms with Crippen molar-refractivity contribution in [3.05, 3.63) is 12.7 Å². The molecule has 1 aliphatic carbocycles. The van der Waals surface area contributed by atoms with Crippen molar-refractivity contribution in [2.45, 2.75) is 19.3 Å². The van der Waals surface area contributed by atoms with Crippen LogP contribution in [0.25, 0.3) is 0 Å². The Balaban J connectivity index is 2.46. The average Bonchev–Trinajstić information content (AvgIpc) is 2.80. The lowest BCUT2D eigenvalue weighted by Gasteiger charge is -2.12. The normalized spacial score (nSPS) is 18.9. The summed E-state index contributed by atoms with van der Waals surface area (Å²) in [7, 11) is 0. The van der Waals surface area contributed by atoms with Gasteiger partial charge in [-0.1, -0.05) is 6.08 Å². The predicted octanol–water partition coefficient (Wildman–Crippen LogP) is 1.33. The zero-order valence-corrected chi connectivity index (χ0v) is 6.65. The lowest BCUT2D eigenvalue weighted by molar-refractivity contribution is -0.131. The Kier molecular flexibility index (Phi) is 2.45. The molecule has 0 atom stereocenters. The SMILES string of the molecule is C=CCNC(=O)C1(C(F)F)CC1. The number of hydrogen-bond acceptors (Lipinski definition) is 1. The van der Waals surface area contributed by atoms with E-state index >= 15 is 0 Å². The van der Waals surface area contributed by atoms with E-state index in [-0.39, 0.29) is 6.54 Å². The van der Waals surface area contributed by atoms with Crippen molar-refractivity contribution in [3.63, 3.8) is 0 Å². The van der Waals surface area contributed by atoms with Crippen LogP contribution in [0.1, 0.15) is 12.8 Å². The van der Waals surface area contributed by atoms with Gasteiger partial charge in [-0.2, -0.15) is 0 Å². The fourth-order valence-electron chi connectivity index (χ4n) is 1.02. The number of halogens is 2. The van der Waals surface area contributed by atoms with E-state index in [1.54, 1.807) is 0 Å². The van der Waals surface area contributed by atoms with Crippen LogP contribution in [0.2, 0.25) is 0 Å². The second-order valence-electron chi connectivity index (χ2n) is 2.96. The van der Waals surface area contributed by atoms with Gasteiger partial charge in [0.15, 0.2) is 0 Å². The van der Waals surface area contributed by atoms with Gasteiger partial charge in [0.2, 0.25) is 5.91 Å². The van der Waals surface area contributed by atoms with Gasteiger partial charge in [0.25, 0.3) is 6.43 Å². The molecule has 0 saturated heterocycles. The molecule has 68 valence electrons. The summed E-state index contributed by atoms with van der Waals surface area (Å²) in [6.07, 6.45) is -0.469. The lowest BCUT2D eigenvalue weighted by Crippen LogP contribution is -2.36. The van der Waals surface area contributed by atoms with Gasteiger partial charge in [0.1, 0.15) is 5.41 Å². The molecule has 1 rings (SSSR count). The average molecular weight is 175 g/mol. The second-order valence-corrected chi connectivity index (χ2v) is 2.96. The van der Waals surface area contributed by atoms with Crippen molar-refractivity contribution in [3.8, 4) is 0 Å². The van der Waals surface area contributed by atoms with Crippen LogP contribution in [0.3, 0.4) is 0 Å². The van der Waals surface area contributed by atoms with Gasteiger partial charge in [-0.3, -0.25) is 4.79 Å². The standard InChI is InChI=1S/C8H11F2NO/c1-2-5-11-7(12)8(3-4-8)6(9)10/h2,6H,1,3-5H2,(H,11,12). The molecule has 2 nitrogen and oxygen atoms in total. The van der Waals surface area contributed by atoms with Crippen molar-refractivity contribution >= 4 is 5.91 Å². The molecule has 0 radical (unpaired) electrons. The number of nitrogens with one attached hydrogen (secondary N) is 1. The number of carbonyl (C=O) groups excluding carboxylic acids is 1. The van der Waals surface area contributed by atoms with E-state index in [9.17, 15) is 13.6 Å². The number of rotatable bonds is 4. The summed E-state index contributed by atoms with van der Waals surface area (Å²) >= 11 is 0. The maximum atomic E-state index is 12.3. The van der Waals surface area contributed by atoms with Crippen molar-refractivity contribution in [2.24, 2.45) is 5.41 Å². The molecule has 0 heterocycles. The van der Waals surface area contributed by atoms with Crippen LogP contribution in [0.4, 0.5) is 8.78 Å². The third kappa shape index (κ3) is 1.47. The minimum absolute atomic E-state index is 0.257. The predicted molar refractivity (Wildman–Crippen MR) is 40.9 cm³/mol. The van der Waals surface area contributed by atoms with Gasteiger partial charge in [0, 0.05) is 6.54 Å². The van der Waals surface area contributed by atoms with E-state index in [1.807, 2.05) is 0 Å². The topological polar surface area (TPSA) is 29.1 Å².